The van der Waals surface area contributed by atoms with Crippen LogP contribution in [0.4, 0.5) is 15.8 Å². The van der Waals surface area contributed by atoms with E-state index in [4.69, 9.17) is 4.74 Å². The second-order valence-electron chi connectivity index (χ2n) is 9.27. The molecule has 0 saturated carbocycles. The molecule has 1 unspecified atom stereocenters. The van der Waals surface area contributed by atoms with Crippen molar-refractivity contribution in [3.63, 3.8) is 0 Å². The number of carbonyl (C=O) groups excluding carboxylic acids is 2. The maximum atomic E-state index is 14.1. The minimum Gasteiger partial charge on any atom is -0.492 e. The average Bonchev–Trinajstić information content (AvgIpc) is 3.11. The summed E-state index contributed by atoms with van der Waals surface area (Å²) in [7, 11) is 3.20. The van der Waals surface area contributed by atoms with Gasteiger partial charge in [-0.2, -0.15) is 0 Å². The zero-order valence-corrected chi connectivity index (χ0v) is 20.5. The monoisotopic (exact) mass is 484 g/mol. The van der Waals surface area contributed by atoms with Crippen LogP contribution in [-0.2, 0) is 11.2 Å². The van der Waals surface area contributed by atoms with Crippen molar-refractivity contribution in [2.45, 2.75) is 31.9 Å². The second-order valence-corrected chi connectivity index (χ2v) is 9.27. The van der Waals surface area contributed by atoms with Crippen LogP contribution in [0.15, 0.2) is 36.4 Å². The highest BCUT2D eigenvalue weighted by molar-refractivity contribution is 6.03. The lowest BCUT2D eigenvalue weighted by Gasteiger charge is -2.42. The van der Waals surface area contributed by atoms with E-state index in [0.29, 0.717) is 38.0 Å². The highest BCUT2D eigenvalue weighted by Crippen LogP contribution is 2.33. The van der Waals surface area contributed by atoms with E-state index in [9.17, 15) is 19.1 Å². The zero-order chi connectivity index (χ0) is 25.1. The first-order chi connectivity index (χ1) is 16.8. The number of aliphatic hydroxyl groups is 1. The number of anilines is 2. The van der Waals surface area contributed by atoms with Crippen LogP contribution in [0.1, 0.15) is 29.3 Å². The third kappa shape index (κ3) is 5.41. The van der Waals surface area contributed by atoms with Crippen LogP contribution < -0.4 is 19.9 Å². The van der Waals surface area contributed by atoms with E-state index in [0.717, 1.165) is 30.0 Å². The summed E-state index contributed by atoms with van der Waals surface area (Å²) >= 11 is 0. The Morgan fingerprint density at radius 3 is 2.80 bits per heavy atom. The normalized spacial score (nSPS) is 19.0. The van der Waals surface area contributed by atoms with Gasteiger partial charge in [0.05, 0.1) is 25.3 Å². The molecule has 0 aliphatic carbocycles. The SMILES string of the molecule is COc1c(F)cccc1N1CCN(C[C@H](O)CCNC(=O)c2ccc3c(c2)CC(=O)N3C)CC1C. The Bertz CT molecular complexity index is 1100. The van der Waals surface area contributed by atoms with E-state index in [-0.39, 0.29) is 29.4 Å². The fraction of sp³-hybridized carbons (Fsp3) is 0.462. The van der Waals surface area contributed by atoms with Crippen LogP contribution in [0.5, 0.6) is 5.75 Å². The van der Waals surface area contributed by atoms with E-state index in [1.807, 2.05) is 6.07 Å². The number of nitrogens with one attached hydrogen (secondary N) is 1. The molecule has 2 aromatic rings. The first-order valence-electron chi connectivity index (χ1n) is 12.0. The van der Waals surface area contributed by atoms with Gasteiger partial charge in [0.1, 0.15) is 0 Å². The van der Waals surface area contributed by atoms with Gasteiger partial charge in [-0.3, -0.25) is 14.5 Å². The van der Waals surface area contributed by atoms with Crippen molar-refractivity contribution < 1.29 is 23.8 Å². The molecule has 2 heterocycles. The van der Waals surface area contributed by atoms with Gasteiger partial charge in [-0.25, -0.2) is 4.39 Å². The van der Waals surface area contributed by atoms with Crippen LogP contribution in [0.25, 0.3) is 0 Å². The summed E-state index contributed by atoms with van der Waals surface area (Å²) in [5.41, 5.74) is 2.95. The maximum Gasteiger partial charge on any atom is 0.251 e. The lowest BCUT2D eigenvalue weighted by Crippen LogP contribution is -2.53. The lowest BCUT2D eigenvalue weighted by molar-refractivity contribution is -0.117. The highest BCUT2D eigenvalue weighted by atomic mass is 19.1. The average molecular weight is 485 g/mol. The summed E-state index contributed by atoms with van der Waals surface area (Å²) in [5.74, 6) is -0.317. The number of amides is 2. The molecular formula is C26H33FN4O4. The number of hydrogen-bond donors (Lipinski definition) is 2. The number of para-hydroxylation sites is 1. The number of methoxy groups -OCH3 is 1. The molecule has 0 radical (unpaired) electrons. The number of halogens is 1. The molecule has 1 saturated heterocycles. The number of piperazine rings is 1. The number of ether oxygens (including phenoxy) is 1. The Balaban J connectivity index is 1.23. The number of aliphatic hydroxyl groups excluding tert-OH is 1. The molecule has 2 atom stereocenters. The molecule has 35 heavy (non-hydrogen) atoms. The summed E-state index contributed by atoms with van der Waals surface area (Å²) in [6.45, 7) is 5.08. The first-order valence-corrected chi connectivity index (χ1v) is 12.0. The minimum atomic E-state index is -0.580. The fourth-order valence-corrected chi connectivity index (χ4v) is 4.94. The Labute approximate surface area is 205 Å². The molecule has 4 rings (SSSR count). The molecule has 9 heteroatoms. The number of rotatable bonds is 8. The van der Waals surface area contributed by atoms with Gasteiger partial charge >= 0.3 is 0 Å². The molecular weight excluding hydrogens is 451 g/mol. The van der Waals surface area contributed by atoms with Crippen molar-refractivity contribution in [1.29, 1.82) is 0 Å². The Hall–Kier alpha value is -3.17. The quantitative estimate of drug-likeness (QED) is 0.597. The molecule has 0 aromatic heterocycles. The molecule has 1 fully saturated rings. The van der Waals surface area contributed by atoms with Crippen molar-refractivity contribution in [2.24, 2.45) is 0 Å². The van der Waals surface area contributed by atoms with Crippen LogP contribution in [0, 0.1) is 5.82 Å². The smallest absolute Gasteiger partial charge is 0.251 e. The van der Waals surface area contributed by atoms with Crippen molar-refractivity contribution in [3.8, 4) is 5.75 Å². The highest BCUT2D eigenvalue weighted by Gasteiger charge is 2.28. The van der Waals surface area contributed by atoms with E-state index in [2.05, 4.69) is 22.0 Å². The number of β-amino-alcohol motifs (C(OH)–C–C–N with tert-alkyl or cyclic N) is 1. The van der Waals surface area contributed by atoms with Crippen LogP contribution in [-0.4, -0.2) is 80.8 Å². The number of carbonyl (C=O) groups is 2. The van der Waals surface area contributed by atoms with Gasteiger partial charge in [0.15, 0.2) is 11.6 Å². The first kappa shape index (κ1) is 24.9. The molecule has 2 N–H and O–H groups in total. The van der Waals surface area contributed by atoms with E-state index in [1.165, 1.54) is 13.2 Å². The number of benzene rings is 2. The van der Waals surface area contributed by atoms with Crippen LogP contribution in [0.3, 0.4) is 0 Å². The number of fused-ring (bicyclic) bond motifs is 1. The third-order valence-electron chi connectivity index (χ3n) is 6.82. The third-order valence-corrected chi connectivity index (χ3v) is 6.82. The van der Waals surface area contributed by atoms with Crippen molar-refractivity contribution in [3.05, 3.63) is 53.3 Å². The van der Waals surface area contributed by atoms with Crippen LogP contribution >= 0.6 is 0 Å². The maximum absolute atomic E-state index is 14.1. The van der Waals surface area contributed by atoms with E-state index >= 15 is 0 Å². The van der Waals surface area contributed by atoms with Crippen LogP contribution in [0.2, 0.25) is 0 Å². The molecule has 0 spiro atoms. The van der Waals surface area contributed by atoms with E-state index in [1.54, 1.807) is 36.2 Å². The lowest BCUT2D eigenvalue weighted by atomic mass is 10.1. The zero-order valence-electron chi connectivity index (χ0n) is 20.5. The summed E-state index contributed by atoms with van der Waals surface area (Å²) in [6.07, 6.45) is 0.164. The number of nitrogens with zero attached hydrogens (tertiary/aromatic N) is 3. The molecule has 8 nitrogen and oxygen atoms in total. The predicted octanol–water partition coefficient (Wildman–Crippen LogP) is 2.04. The standard InChI is InChI=1S/C26H33FN4O4/c1-17-15-30(11-12-31(17)23-6-4-5-21(27)25(23)35-3)16-20(32)9-10-28-26(34)18-7-8-22-19(13-18)14-24(33)29(22)2/h4-8,13,17,20,32H,9-12,14-16H2,1-3H3,(H,28,34)/t17?,20-/m1/s1. The van der Waals surface area contributed by atoms with E-state index < -0.39 is 6.10 Å². The molecule has 2 amide bonds. The summed E-state index contributed by atoms with van der Waals surface area (Å²) in [5, 5.41) is 13.4. The van der Waals surface area contributed by atoms with Gasteiger partial charge in [-0.1, -0.05) is 6.07 Å². The summed E-state index contributed by atoms with van der Waals surface area (Å²) in [4.78, 5) is 30.3. The number of hydrogen-bond acceptors (Lipinski definition) is 6. The number of likely N-dealkylation sites (N-methyl/N-ethyl adjacent to an activating group) is 1. The molecule has 188 valence electrons. The Morgan fingerprint density at radius 1 is 1.26 bits per heavy atom. The van der Waals surface area contributed by atoms with Crippen molar-refractivity contribution >= 4 is 23.2 Å². The molecule has 2 aromatic carbocycles. The van der Waals surface area contributed by atoms with Crippen molar-refractivity contribution in [2.75, 3.05) is 56.7 Å². The van der Waals surface area contributed by atoms with Gasteiger partial charge < -0.3 is 25.0 Å². The summed E-state index contributed by atoms with van der Waals surface area (Å²) < 4.78 is 19.4. The summed E-state index contributed by atoms with van der Waals surface area (Å²) in [6, 6.07) is 10.3. The fourth-order valence-electron chi connectivity index (χ4n) is 4.94. The van der Waals surface area contributed by atoms with Gasteiger partial charge in [0.2, 0.25) is 5.91 Å². The topological polar surface area (TPSA) is 85.3 Å². The molecule has 2 aliphatic rings. The van der Waals surface area contributed by atoms with Gasteiger partial charge in [-0.05, 0) is 49.2 Å². The Kier molecular flexibility index (Phi) is 7.57. The predicted molar refractivity (Wildman–Crippen MR) is 133 cm³/mol. The molecule has 2 aliphatic heterocycles. The van der Waals surface area contributed by atoms with Crippen molar-refractivity contribution in [1.82, 2.24) is 10.2 Å². The van der Waals surface area contributed by atoms with Gasteiger partial charge in [-0.15, -0.1) is 0 Å². The Morgan fingerprint density at radius 2 is 2.06 bits per heavy atom. The molecule has 0 bridgehead atoms. The second kappa shape index (κ2) is 10.6. The van der Waals surface area contributed by atoms with Gasteiger partial charge in [0.25, 0.3) is 5.91 Å². The largest absolute Gasteiger partial charge is 0.492 e. The van der Waals surface area contributed by atoms with Gasteiger partial charge in [0, 0.05) is 57.1 Å². The minimum absolute atomic E-state index is 0.0194.